The standard InChI is InChI=1S/C9H9BrN2S/c10-7-1-2-8-6(5-7)3-4-12(8)9(11)13/h1-2,5H,3-4H2,(H2,11,13). The van der Waals surface area contributed by atoms with Crippen molar-refractivity contribution in [1.82, 2.24) is 0 Å². The lowest BCUT2D eigenvalue weighted by atomic mass is 10.2. The Hall–Kier alpha value is -0.610. The molecule has 2 nitrogen and oxygen atoms in total. The molecule has 0 amide bonds. The molecule has 4 heteroatoms. The van der Waals surface area contributed by atoms with Crippen LogP contribution in [0, 0.1) is 0 Å². The van der Waals surface area contributed by atoms with Gasteiger partial charge in [0.25, 0.3) is 0 Å². The molecule has 0 bridgehead atoms. The van der Waals surface area contributed by atoms with Gasteiger partial charge < -0.3 is 10.6 Å². The summed E-state index contributed by atoms with van der Waals surface area (Å²) in [4.78, 5) is 1.97. The van der Waals surface area contributed by atoms with E-state index in [2.05, 4.69) is 22.0 Å². The van der Waals surface area contributed by atoms with Gasteiger partial charge in [0.05, 0.1) is 0 Å². The van der Waals surface area contributed by atoms with Crippen LogP contribution in [0.15, 0.2) is 22.7 Å². The molecule has 0 saturated heterocycles. The maximum absolute atomic E-state index is 5.60. The van der Waals surface area contributed by atoms with Crippen LogP contribution in [0.5, 0.6) is 0 Å². The average Bonchev–Trinajstić information content (AvgIpc) is 2.46. The highest BCUT2D eigenvalue weighted by molar-refractivity contribution is 9.10. The summed E-state index contributed by atoms with van der Waals surface area (Å²) in [7, 11) is 0. The van der Waals surface area contributed by atoms with Gasteiger partial charge in [0.1, 0.15) is 0 Å². The van der Waals surface area contributed by atoms with E-state index in [1.54, 1.807) is 0 Å². The quantitative estimate of drug-likeness (QED) is 0.721. The first-order valence-corrected chi connectivity index (χ1v) is 5.24. The predicted molar refractivity (Wildman–Crippen MR) is 62.0 cm³/mol. The minimum Gasteiger partial charge on any atom is -0.376 e. The second kappa shape index (κ2) is 3.27. The third-order valence-electron chi connectivity index (χ3n) is 2.20. The molecule has 1 aromatic rings. The number of halogens is 1. The first-order valence-electron chi connectivity index (χ1n) is 4.04. The lowest BCUT2D eigenvalue weighted by molar-refractivity contribution is 1.02. The van der Waals surface area contributed by atoms with E-state index in [9.17, 15) is 0 Å². The van der Waals surface area contributed by atoms with Crippen molar-refractivity contribution in [3.8, 4) is 0 Å². The van der Waals surface area contributed by atoms with Gasteiger partial charge in [-0.1, -0.05) is 15.9 Å². The third-order valence-corrected chi connectivity index (χ3v) is 2.92. The molecule has 2 rings (SSSR count). The van der Waals surface area contributed by atoms with E-state index >= 15 is 0 Å². The predicted octanol–water partition coefficient (Wildman–Crippen LogP) is 2.06. The van der Waals surface area contributed by atoms with Crippen LogP contribution in [0.1, 0.15) is 5.56 Å². The van der Waals surface area contributed by atoms with Crippen molar-refractivity contribution in [2.45, 2.75) is 6.42 Å². The van der Waals surface area contributed by atoms with Crippen molar-refractivity contribution in [3.05, 3.63) is 28.2 Å². The Balaban J connectivity index is 2.44. The number of hydrogen-bond donors (Lipinski definition) is 1. The monoisotopic (exact) mass is 256 g/mol. The fourth-order valence-corrected chi connectivity index (χ4v) is 2.20. The molecule has 1 aromatic carbocycles. The number of nitrogens with zero attached hydrogens (tertiary/aromatic N) is 1. The summed E-state index contributed by atoms with van der Waals surface area (Å²) < 4.78 is 1.11. The van der Waals surface area contributed by atoms with Crippen LogP contribution >= 0.6 is 28.1 Å². The van der Waals surface area contributed by atoms with E-state index in [1.165, 1.54) is 5.56 Å². The summed E-state index contributed by atoms with van der Waals surface area (Å²) in [6.07, 6.45) is 1.02. The Morgan fingerprint density at radius 3 is 3.00 bits per heavy atom. The summed E-state index contributed by atoms with van der Waals surface area (Å²) in [5.41, 5.74) is 8.05. The molecular weight excluding hydrogens is 248 g/mol. The molecule has 13 heavy (non-hydrogen) atoms. The van der Waals surface area contributed by atoms with E-state index in [-0.39, 0.29) is 0 Å². The molecule has 2 N–H and O–H groups in total. The van der Waals surface area contributed by atoms with Crippen LogP contribution in [0.2, 0.25) is 0 Å². The fourth-order valence-electron chi connectivity index (χ4n) is 1.60. The largest absolute Gasteiger partial charge is 0.376 e. The Labute approximate surface area is 90.8 Å². The number of benzene rings is 1. The molecule has 1 heterocycles. The summed E-state index contributed by atoms with van der Waals surface area (Å²) >= 11 is 8.40. The van der Waals surface area contributed by atoms with Crippen LogP contribution < -0.4 is 10.6 Å². The Morgan fingerprint density at radius 2 is 2.31 bits per heavy atom. The summed E-state index contributed by atoms with van der Waals surface area (Å²) in [5, 5.41) is 0.459. The highest BCUT2D eigenvalue weighted by atomic mass is 79.9. The van der Waals surface area contributed by atoms with Crippen LogP contribution in [-0.4, -0.2) is 11.7 Å². The molecule has 0 atom stereocenters. The zero-order valence-electron chi connectivity index (χ0n) is 6.96. The molecule has 1 aliphatic rings. The Kier molecular flexibility index (Phi) is 2.26. The molecule has 0 fully saturated rings. The molecule has 0 saturated carbocycles. The van der Waals surface area contributed by atoms with Gasteiger partial charge in [0, 0.05) is 16.7 Å². The summed E-state index contributed by atoms with van der Waals surface area (Å²) in [6, 6.07) is 6.18. The van der Waals surface area contributed by atoms with Crippen molar-refractivity contribution in [2.75, 3.05) is 11.4 Å². The highest BCUT2D eigenvalue weighted by Gasteiger charge is 2.20. The number of nitrogens with two attached hydrogens (primary N) is 1. The third kappa shape index (κ3) is 1.56. The second-order valence-corrected chi connectivity index (χ2v) is 4.35. The van der Waals surface area contributed by atoms with Gasteiger partial charge in [-0.3, -0.25) is 0 Å². The van der Waals surface area contributed by atoms with Gasteiger partial charge in [0.15, 0.2) is 5.11 Å². The molecule has 0 aromatic heterocycles. The number of thiocarbonyl (C=S) groups is 1. The molecule has 0 spiro atoms. The van der Waals surface area contributed by atoms with E-state index in [4.69, 9.17) is 18.0 Å². The van der Waals surface area contributed by atoms with Gasteiger partial charge in [-0.15, -0.1) is 0 Å². The zero-order valence-corrected chi connectivity index (χ0v) is 9.36. The molecular formula is C9H9BrN2S. The summed E-state index contributed by atoms with van der Waals surface area (Å²) in [6.45, 7) is 0.904. The van der Waals surface area contributed by atoms with E-state index in [0.29, 0.717) is 5.11 Å². The first-order chi connectivity index (χ1) is 6.18. The van der Waals surface area contributed by atoms with Crippen LogP contribution in [-0.2, 0) is 6.42 Å². The van der Waals surface area contributed by atoms with Crippen LogP contribution in [0.3, 0.4) is 0 Å². The van der Waals surface area contributed by atoms with Crippen LogP contribution in [0.25, 0.3) is 0 Å². The minimum atomic E-state index is 0.459. The van der Waals surface area contributed by atoms with Gasteiger partial charge in [-0.2, -0.15) is 0 Å². The van der Waals surface area contributed by atoms with Crippen molar-refractivity contribution >= 4 is 38.9 Å². The SMILES string of the molecule is NC(=S)N1CCc2cc(Br)ccc21. The topological polar surface area (TPSA) is 29.3 Å². The van der Waals surface area contributed by atoms with E-state index < -0.39 is 0 Å². The highest BCUT2D eigenvalue weighted by Crippen LogP contribution is 2.30. The van der Waals surface area contributed by atoms with Gasteiger partial charge in [0.2, 0.25) is 0 Å². The molecule has 68 valence electrons. The Bertz CT molecular complexity index is 365. The van der Waals surface area contributed by atoms with Crippen molar-refractivity contribution in [1.29, 1.82) is 0 Å². The molecule has 1 aliphatic heterocycles. The van der Waals surface area contributed by atoms with Crippen LogP contribution in [0.4, 0.5) is 5.69 Å². The van der Waals surface area contributed by atoms with Gasteiger partial charge >= 0.3 is 0 Å². The summed E-state index contributed by atoms with van der Waals surface area (Å²) in [5.74, 6) is 0. The number of rotatable bonds is 0. The van der Waals surface area contributed by atoms with Crippen molar-refractivity contribution in [2.24, 2.45) is 5.73 Å². The molecule has 0 unspecified atom stereocenters. The van der Waals surface area contributed by atoms with Crippen molar-refractivity contribution in [3.63, 3.8) is 0 Å². The lowest BCUT2D eigenvalue weighted by Crippen LogP contribution is -2.33. The molecule has 0 aliphatic carbocycles. The number of hydrogen-bond acceptors (Lipinski definition) is 1. The Morgan fingerprint density at radius 1 is 1.54 bits per heavy atom. The molecule has 0 radical (unpaired) electrons. The van der Waals surface area contributed by atoms with Crippen molar-refractivity contribution < 1.29 is 0 Å². The fraction of sp³-hybridized carbons (Fsp3) is 0.222. The average molecular weight is 257 g/mol. The first kappa shape index (κ1) is 8.97. The number of fused-ring (bicyclic) bond motifs is 1. The van der Waals surface area contributed by atoms with Gasteiger partial charge in [-0.25, -0.2) is 0 Å². The lowest BCUT2D eigenvalue weighted by Gasteiger charge is -2.16. The minimum absolute atomic E-state index is 0.459. The van der Waals surface area contributed by atoms with E-state index in [0.717, 1.165) is 23.1 Å². The normalized spacial score (nSPS) is 14.4. The van der Waals surface area contributed by atoms with E-state index in [1.807, 2.05) is 17.0 Å². The smallest absolute Gasteiger partial charge is 0.170 e. The maximum Gasteiger partial charge on any atom is 0.170 e. The number of anilines is 1. The second-order valence-electron chi connectivity index (χ2n) is 3.01. The maximum atomic E-state index is 5.60. The van der Waals surface area contributed by atoms with Gasteiger partial charge in [-0.05, 0) is 42.4 Å². The zero-order chi connectivity index (χ0) is 9.42.